The highest BCUT2D eigenvalue weighted by Crippen LogP contribution is 2.28. The average molecular weight is 359 g/mol. The summed E-state index contributed by atoms with van der Waals surface area (Å²) in [4.78, 5) is 17.0. The monoisotopic (exact) mass is 359 g/mol. The van der Waals surface area contributed by atoms with Gasteiger partial charge in [-0.05, 0) is 32.0 Å². The molecule has 0 spiro atoms. The predicted octanol–water partition coefficient (Wildman–Crippen LogP) is 2.35. The van der Waals surface area contributed by atoms with Crippen molar-refractivity contribution in [2.24, 2.45) is 0 Å². The van der Waals surface area contributed by atoms with Gasteiger partial charge >= 0.3 is 0 Å². The maximum atomic E-state index is 12.8. The molecule has 0 aliphatic carbocycles. The minimum atomic E-state index is 0.0190. The quantitative estimate of drug-likeness (QED) is 0.789. The van der Waals surface area contributed by atoms with Crippen molar-refractivity contribution in [3.8, 4) is 11.5 Å². The van der Waals surface area contributed by atoms with Crippen LogP contribution in [-0.4, -0.2) is 60.8 Å². The van der Waals surface area contributed by atoms with Crippen LogP contribution in [0.3, 0.4) is 0 Å². The number of nitrogens with zero attached hydrogens (tertiary/aromatic N) is 3. The van der Waals surface area contributed by atoms with Crippen molar-refractivity contribution < 1.29 is 18.8 Å². The summed E-state index contributed by atoms with van der Waals surface area (Å²) < 4.78 is 16.0. The number of carbonyl (C=O) groups is 1. The number of aromatic nitrogens is 1. The number of rotatable bonds is 6. The Kier molecular flexibility index (Phi) is 5.78. The number of piperazine rings is 1. The Balaban J connectivity index is 1.60. The van der Waals surface area contributed by atoms with Crippen LogP contribution < -0.4 is 9.47 Å². The van der Waals surface area contributed by atoms with E-state index in [4.69, 9.17) is 14.0 Å². The Morgan fingerprint density at radius 2 is 1.96 bits per heavy atom. The minimum Gasteiger partial charge on any atom is -0.493 e. The lowest BCUT2D eigenvalue weighted by Crippen LogP contribution is -2.48. The molecule has 1 amide bonds. The fourth-order valence-corrected chi connectivity index (χ4v) is 3.09. The minimum absolute atomic E-state index is 0.0190. The summed E-state index contributed by atoms with van der Waals surface area (Å²) in [6.07, 6.45) is 0. The summed E-state index contributed by atoms with van der Waals surface area (Å²) in [7, 11) is 1.59. The predicted molar refractivity (Wildman–Crippen MR) is 96.6 cm³/mol. The highest BCUT2D eigenvalue weighted by atomic mass is 16.5. The van der Waals surface area contributed by atoms with Gasteiger partial charge in [0.2, 0.25) is 0 Å². The van der Waals surface area contributed by atoms with Crippen molar-refractivity contribution in [1.82, 2.24) is 15.0 Å². The fourth-order valence-electron chi connectivity index (χ4n) is 3.09. The largest absolute Gasteiger partial charge is 0.493 e. The highest BCUT2D eigenvalue weighted by molar-refractivity contribution is 5.95. The molecule has 1 aliphatic heterocycles. The van der Waals surface area contributed by atoms with E-state index >= 15 is 0 Å². The zero-order valence-corrected chi connectivity index (χ0v) is 15.5. The molecule has 0 saturated carbocycles. The molecular formula is C19H25N3O4. The highest BCUT2D eigenvalue weighted by Gasteiger charge is 2.23. The number of carbonyl (C=O) groups excluding carboxylic acids is 1. The molecule has 0 atom stereocenters. The standard InChI is InChI=1S/C19H25N3O4/c1-4-25-18-12-15(5-6-17(18)24-3)19(23)22-9-7-21(8-10-22)13-16-11-14(2)26-20-16/h5-6,11-12H,4,7-10,13H2,1-3H3. The topological polar surface area (TPSA) is 68.0 Å². The van der Waals surface area contributed by atoms with Crippen molar-refractivity contribution in [2.45, 2.75) is 20.4 Å². The molecule has 0 radical (unpaired) electrons. The van der Waals surface area contributed by atoms with Crippen LogP contribution in [0.4, 0.5) is 0 Å². The van der Waals surface area contributed by atoms with E-state index < -0.39 is 0 Å². The molecule has 3 rings (SSSR count). The van der Waals surface area contributed by atoms with Crippen LogP contribution in [0.2, 0.25) is 0 Å². The van der Waals surface area contributed by atoms with Crippen molar-refractivity contribution in [2.75, 3.05) is 39.9 Å². The molecular weight excluding hydrogens is 334 g/mol. The number of benzene rings is 1. The SMILES string of the molecule is CCOc1cc(C(=O)N2CCN(Cc3cc(C)on3)CC2)ccc1OC. The smallest absolute Gasteiger partial charge is 0.254 e. The van der Waals surface area contributed by atoms with Crippen molar-refractivity contribution in [3.05, 3.63) is 41.3 Å². The van der Waals surface area contributed by atoms with Gasteiger partial charge in [-0.2, -0.15) is 0 Å². The Morgan fingerprint density at radius 1 is 1.19 bits per heavy atom. The Bertz CT molecular complexity index is 751. The first-order valence-corrected chi connectivity index (χ1v) is 8.85. The van der Waals surface area contributed by atoms with Crippen molar-refractivity contribution in [1.29, 1.82) is 0 Å². The van der Waals surface area contributed by atoms with Gasteiger partial charge in [-0.3, -0.25) is 9.69 Å². The van der Waals surface area contributed by atoms with Crippen LogP contribution >= 0.6 is 0 Å². The summed E-state index contributed by atoms with van der Waals surface area (Å²) >= 11 is 0. The maximum Gasteiger partial charge on any atom is 0.254 e. The summed E-state index contributed by atoms with van der Waals surface area (Å²) in [5, 5.41) is 4.03. The van der Waals surface area contributed by atoms with E-state index in [0.29, 0.717) is 36.8 Å². The zero-order valence-electron chi connectivity index (χ0n) is 15.5. The van der Waals surface area contributed by atoms with Crippen LogP contribution in [0.15, 0.2) is 28.8 Å². The Hall–Kier alpha value is -2.54. The Labute approximate surface area is 153 Å². The van der Waals surface area contributed by atoms with Gasteiger partial charge in [0.05, 0.1) is 19.4 Å². The second-order valence-electron chi connectivity index (χ2n) is 6.30. The number of aryl methyl sites for hydroxylation is 1. The number of methoxy groups -OCH3 is 1. The van der Waals surface area contributed by atoms with Gasteiger partial charge in [-0.1, -0.05) is 5.16 Å². The van der Waals surface area contributed by atoms with E-state index in [1.807, 2.05) is 24.8 Å². The van der Waals surface area contributed by atoms with E-state index in [2.05, 4.69) is 10.1 Å². The number of hydrogen-bond acceptors (Lipinski definition) is 6. The molecule has 0 unspecified atom stereocenters. The normalized spacial score (nSPS) is 15.1. The first kappa shape index (κ1) is 18.3. The molecule has 1 fully saturated rings. The molecule has 140 valence electrons. The van der Waals surface area contributed by atoms with E-state index in [1.54, 1.807) is 25.3 Å². The first-order chi connectivity index (χ1) is 12.6. The van der Waals surface area contributed by atoms with Gasteiger partial charge in [0.1, 0.15) is 5.76 Å². The fraction of sp³-hybridized carbons (Fsp3) is 0.474. The van der Waals surface area contributed by atoms with E-state index in [0.717, 1.165) is 31.1 Å². The number of ether oxygens (including phenoxy) is 2. The van der Waals surface area contributed by atoms with Gasteiger partial charge in [0, 0.05) is 44.4 Å². The summed E-state index contributed by atoms with van der Waals surface area (Å²) in [5.74, 6) is 2.07. The van der Waals surface area contributed by atoms with Crippen molar-refractivity contribution >= 4 is 5.91 Å². The summed E-state index contributed by atoms with van der Waals surface area (Å²) in [6, 6.07) is 7.27. The molecule has 1 aliphatic rings. The molecule has 0 N–H and O–H groups in total. The van der Waals surface area contributed by atoms with Crippen LogP contribution in [0, 0.1) is 6.92 Å². The molecule has 1 aromatic heterocycles. The van der Waals surface area contributed by atoms with E-state index in [9.17, 15) is 4.79 Å². The molecule has 2 aromatic rings. The van der Waals surface area contributed by atoms with Gasteiger partial charge in [-0.25, -0.2) is 0 Å². The second-order valence-corrected chi connectivity index (χ2v) is 6.30. The van der Waals surface area contributed by atoms with E-state index in [1.165, 1.54) is 0 Å². The molecule has 7 heteroatoms. The number of amides is 1. The van der Waals surface area contributed by atoms with Gasteiger partial charge in [0.15, 0.2) is 11.5 Å². The third kappa shape index (κ3) is 4.16. The average Bonchev–Trinajstić information content (AvgIpc) is 3.07. The second kappa shape index (κ2) is 8.23. The molecule has 0 bridgehead atoms. The van der Waals surface area contributed by atoms with Gasteiger partial charge < -0.3 is 18.9 Å². The van der Waals surface area contributed by atoms with Crippen LogP contribution in [-0.2, 0) is 6.54 Å². The summed E-state index contributed by atoms with van der Waals surface area (Å²) in [6.45, 7) is 8.06. The Morgan fingerprint density at radius 3 is 2.58 bits per heavy atom. The summed E-state index contributed by atoms with van der Waals surface area (Å²) in [5.41, 5.74) is 1.55. The van der Waals surface area contributed by atoms with E-state index in [-0.39, 0.29) is 5.91 Å². The van der Waals surface area contributed by atoms with Crippen LogP contribution in [0.5, 0.6) is 11.5 Å². The maximum absolute atomic E-state index is 12.8. The lowest BCUT2D eigenvalue weighted by atomic mass is 10.1. The lowest BCUT2D eigenvalue weighted by molar-refractivity contribution is 0.0625. The van der Waals surface area contributed by atoms with Gasteiger partial charge in [0.25, 0.3) is 5.91 Å². The molecule has 7 nitrogen and oxygen atoms in total. The molecule has 1 aromatic carbocycles. The van der Waals surface area contributed by atoms with Crippen LogP contribution in [0.25, 0.3) is 0 Å². The van der Waals surface area contributed by atoms with Gasteiger partial charge in [-0.15, -0.1) is 0 Å². The zero-order chi connectivity index (χ0) is 18.5. The molecule has 26 heavy (non-hydrogen) atoms. The van der Waals surface area contributed by atoms with Crippen LogP contribution in [0.1, 0.15) is 28.7 Å². The third-order valence-corrected chi connectivity index (χ3v) is 4.43. The number of hydrogen-bond donors (Lipinski definition) is 0. The third-order valence-electron chi connectivity index (χ3n) is 4.43. The first-order valence-electron chi connectivity index (χ1n) is 8.85. The van der Waals surface area contributed by atoms with Crippen molar-refractivity contribution in [3.63, 3.8) is 0 Å². The lowest BCUT2D eigenvalue weighted by Gasteiger charge is -2.34. The molecule has 2 heterocycles. The molecule has 1 saturated heterocycles.